The number of carbonyl (C=O) groups excluding carboxylic acids is 2. The molecule has 1 heterocycles. The van der Waals surface area contributed by atoms with Gasteiger partial charge >= 0.3 is 0 Å². The number of rotatable bonds is 1. The second-order valence-corrected chi connectivity index (χ2v) is 8.93. The Hall–Kier alpha value is -3.42. The number of amides is 2. The minimum absolute atomic E-state index is 0.255. The molecule has 7 rings (SSSR count). The van der Waals surface area contributed by atoms with Crippen molar-refractivity contribution < 1.29 is 9.59 Å². The number of carbonyl (C=O) groups is 2. The lowest BCUT2D eigenvalue weighted by molar-refractivity contribution is -0.122. The SMILES string of the molecule is Cc1ccc(N2C(=O)[C@H]3C4c5ccccc5C(C#N)(c5ccccc54)[C@H]3C2=O)cc1Cl. The van der Waals surface area contributed by atoms with Crippen LogP contribution in [0.25, 0.3) is 0 Å². The minimum Gasteiger partial charge on any atom is -0.274 e. The van der Waals surface area contributed by atoms with Gasteiger partial charge in [-0.05, 0) is 46.9 Å². The van der Waals surface area contributed by atoms with Crippen molar-refractivity contribution >= 4 is 29.1 Å². The molecule has 0 saturated carbocycles. The molecule has 1 fully saturated rings. The summed E-state index contributed by atoms with van der Waals surface area (Å²) in [6, 6.07) is 23.2. The van der Waals surface area contributed by atoms with Gasteiger partial charge in [-0.2, -0.15) is 5.26 Å². The molecule has 2 bridgehead atoms. The number of imide groups is 1. The Morgan fingerprint density at radius 1 is 0.935 bits per heavy atom. The van der Waals surface area contributed by atoms with E-state index in [4.69, 9.17) is 11.6 Å². The average molecular weight is 425 g/mol. The molecule has 2 amide bonds. The molecule has 0 spiro atoms. The Bertz CT molecular complexity index is 1310. The molecule has 1 saturated heterocycles. The molecule has 5 heteroatoms. The van der Waals surface area contributed by atoms with E-state index in [1.807, 2.05) is 55.5 Å². The summed E-state index contributed by atoms with van der Waals surface area (Å²) in [6.07, 6.45) is 0. The third kappa shape index (κ3) is 2.05. The van der Waals surface area contributed by atoms with E-state index in [1.165, 1.54) is 4.90 Å². The van der Waals surface area contributed by atoms with E-state index in [2.05, 4.69) is 6.07 Å². The zero-order valence-electron chi connectivity index (χ0n) is 16.7. The van der Waals surface area contributed by atoms with Gasteiger partial charge in [-0.15, -0.1) is 0 Å². The quantitative estimate of drug-likeness (QED) is 0.531. The summed E-state index contributed by atoms with van der Waals surface area (Å²) >= 11 is 6.31. The van der Waals surface area contributed by atoms with Crippen molar-refractivity contribution in [2.45, 2.75) is 18.3 Å². The van der Waals surface area contributed by atoms with Crippen molar-refractivity contribution in [3.8, 4) is 6.07 Å². The van der Waals surface area contributed by atoms with Crippen LogP contribution in [0.2, 0.25) is 5.02 Å². The van der Waals surface area contributed by atoms with E-state index in [0.29, 0.717) is 10.7 Å². The first-order chi connectivity index (χ1) is 15.0. The summed E-state index contributed by atoms with van der Waals surface area (Å²) in [4.78, 5) is 28.8. The Kier molecular flexibility index (Phi) is 3.59. The summed E-state index contributed by atoms with van der Waals surface area (Å²) < 4.78 is 0. The second kappa shape index (κ2) is 6.06. The van der Waals surface area contributed by atoms with Gasteiger partial charge in [0.2, 0.25) is 11.8 Å². The number of halogens is 1. The molecule has 3 aliphatic carbocycles. The number of hydrogen-bond donors (Lipinski definition) is 0. The van der Waals surface area contributed by atoms with Gasteiger partial charge in [-0.3, -0.25) is 9.59 Å². The standard InChI is InChI=1S/C26H17ClN2O2/c1-14-10-11-15(12-20(14)27)29-24(30)22-21-16-6-2-4-8-18(16)26(13-28,23(22)25(29)31)19-9-5-3-7-17(19)21/h2-12,21-23H,1H3/t21?,22-,23+,26?/m0/s1. The molecule has 0 aromatic heterocycles. The molecular weight excluding hydrogens is 408 g/mol. The normalized spacial score (nSPS) is 27.5. The molecule has 3 aromatic rings. The number of nitriles is 1. The highest BCUT2D eigenvalue weighted by molar-refractivity contribution is 6.32. The monoisotopic (exact) mass is 424 g/mol. The van der Waals surface area contributed by atoms with Crippen molar-refractivity contribution in [3.63, 3.8) is 0 Å². The van der Waals surface area contributed by atoms with Gasteiger partial charge in [0.25, 0.3) is 0 Å². The van der Waals surface area contributed by atoms with E-state index in [9.17, 15) is 14.9 Å². The van der Waals surface area contributed by atoms with E-state index in [-0.39, 0.29) is 17.7 Å². The van der Waals surface area contributed by atoms with Gasteiger partial charge in [0, 0.05) is 10.9 Å². The molecular formula is C26H17ClN2O2. The summed E-state index contributed by atoms with van der Waals surface area (Å²) in [5.74, 6) is -2.22. The Morgan fingerprint density at radius 3 is 2.13 bits per heavy atom. The van der Waals surface area contributed by atoms with Crippen LogP contribution in [-0.4, -0.2) is 11.8 Å². The predicted octanol–water partition coefficient (Wildman–Crippen LogP) is 4.72. The van der Waals surface area contributed by atoms with E-state index in [1.54, 1.807) is 18.2 Å². The number of benzene rings is 3. The Balaban J connectivity index is 1.64. The highest BCUT2D eigenvalue weighted by atomic mass is 35.5. The van der Waals surface area contributed by atoms with Crippen LogP contribution in [0.5, 0.6) is 0 Å². The van der Waals surface area contributed by atoms with Crippen molar-refractivity contribution in [1.82, 2.24) is 0 Å². The largest absolute Gasteiger partial charge is 0.274 e. The van der Waals surface area contributed by atoms with E-state index in [0.717, 1.165) is 27.8 Å². The lowest BCUT2D eigenvalue weighted by atomic mass is 9.48. The topological polar surface area (TPSA) is 61.2 Å². The molecule has 0 radical (unpaired) electrons. The van der Waals surface area contributed by atoms with Crippen LogP contribution >= 0.6 is 11.6 Å². The summed E-state index contributed by atoms with van der Waals surface area (Å²) in [5.41, 5.74) is 3.75. The Labute approximate surface area is 184 Å². The molecule has 2 atom stereocenters. The maximum Gasteiger partial charge on any atom is 0.240 e. The first-order valence-electron chi connectivity index (χ1n) is 10.2. The van der Waals surface area contributed by atoms with Crippen LogP contribution in [0.15, 0.2) is 66.7 Å². The maximum absolute atomic E-state index is 13.8. The zero-order valence-corrected chi connectivity index (χ0v) is 17.4. The molecule has 4 aliphatic rings. The lowest BCUT2D eigenvalue weighted by Crippen LogP contribution is -2.52. The molecule has 0 unspecified atom stereocenters. The van der Waals surface area contributed by atoms with Crippen LogP contribution in [0, 0.1) is 30.1 Å². The summed E-state index contributed by atoms with van der Waals surface area (Å²) in [5, 5.41) is 11.1. The molecule has 1 aliphatic heterocycles. The molecule has 4 nitrogen and oxygen atoms in total. The van der Waals surface area contributed by atoms with Crippen molar-refractivity contribution in [2.24, 2.45) is 11.8 Å². The Morgan fingerprint density at radius 2 is 1.55 bits per heavy atom. The third-order valence-corrected chi connectivity index (χ3v) is 7.62. The predicted molar refractivity (Wildman–Crippen MR) is 117 cm³/mol. The smallest absolute Gasteiger partial charge is 0.240 e. The highest BCUT2D eigenvalue weighted by Crippen LogP contribution is 2.64. The fraction of sp³-hybridized carbons (Fsp3) is 0.192. The van der Waals surface area contributed by atoms with Crippen LogP contribution < -0.4 is 4.90 Å². The molecule has 150 valence electrons. The summed E-state index contributed by atoms with van der Waals surface area (Å²) in [7, 11) is 0. The van der Waals surface area contributed by atoms with Crippen molar-refractivity contribution in [2.75, 3.05) is 4.90 Å². The fourth-order valence-corrected chi connectivity index (χ4v) is 6.11. The lowest BCUT2D eigenvalue weighted by Gasteiger charge is -2.50. The third-order valence-electron chi connectivity index (χ3n) is 7.21. The van der Waals surface area contributed by atoms with Crippen LogP contribution in [0.1, 0.15) is 33.7 Å². The van der Waals surface area contributed by atoms with E-state index >= 15 is 0 Å². The number of nitrogens with zero attached hydrogens (tertiary/aromatic N) is 2. The maximum atomic E-state index is 13.8. The van der Waals surface area contributed by atoms with Gasteiger partial charge in [0.15, 0.2) is 0 Å². The van der Waals surface area contributed by atoms with Crippen LogP contribution in [0.4, 0.5) is 5.69 Å². The number of anilines is 1. The number of hydrogen-bond acceptors (Lipinski definition) is 3. The average Bonchev–Trinajstić information content (AvgIpc) is 3.07. The minimum atomic E-state index is -1.19. The van der Waals surface area contributed by atoms with Gasteiger partial charge in [-0.1, -0.05) is 66.2 Å². The van der Waals surface area contributed by atoms with Gasteiger partial charge < -0.3 is 0 Å². The van der Waals surface area contributed by atoms with Gasteiger partial charge in [-0.25, -0.2) is 4.90 Å². The highest BCUT2D eigenvalue weighted by Gasteiger charge is 2.68. The van der Waals surface area contributed by atoms with Crippen LogP contribution in [-0.2, 0) is 15.0 Å². The molecule has 31 heavy (non-hydrogen) atoms. The van der Waals surface area contributed by atoms with Gasteiger partial charge in [0.05, 0.1) is 23.6 Å². The van der Waals surface area contributed by atoms with Crippen molar-refractivity contribution in [1.29, 1.82) is 5.26 Å². The molecule has 0 N–H and O–H groups in total. The first kappa shape index (κ1) is 18.4. The first-order valence-corrected chi connectivity index (χ1v) is 10.6. The fourth-order valence-electron chi connectivity index (χ4n) is 5.94. The second-order valence-electron chi connectivity index (χ2n) is 8.52. The summed E-state index contributed by atoms with van der Waals surface area (Å²) in [6.45, 7) is 1.87. The van der Waals surface area contributed by atoms with Crippen molar-refractivity contribution in [3.05, 3.63) is 99.6 Å². The zero-order chi connectivity index (χ0) is 21.5. The van der Waals surface area contributed by atoms with E-state index < -0.39 is 17.3 Å². The van der Waals surface area contributed by atoms with Gasteiger partial charge in [0.1, 0.15) is 5.41 Å². The molecule has 3 aromatic carbocycles. The van der Waals surface area contributed by atoms with Crippen LogP contribution in [0.3, 0.4) is 0 Å². The number of aryl methyl sites for hydroxylation is 1.